The van der Waals surface area contributed by atoms with Crippen molar-refractivity contribution in [3.8, 4) is 0 Å². The van der Waals surface area contributed by atoms with Gasteiger partial charge in [-0.1, -0.05) is 40.0 Å². The Labute approximate surface area is 162 Å². The number of halogens is 3. The molecule has 0 saturated heterocycles. The summed E-state index contributed by atoms with van der Waals surface area (Å²) in [6.45, 7) is 11.9. The average molecular weight is 399 g/mol. The molecule has 162 valence electrons. The quantitative estimate of drug-likeness (QED) is 0.331. The van der Waals surface area contributed by atoms with Crippen LogP contribution in [-0.4, -0.2) is 31.3 Å². The second kappa shape index (κ2) is 13.0. The number of hydrogen-bond donors (Lipinski definition) is 0. The van der Waals surface area contributed by atoms with Crippen LogP contribution in [0.3, 0.4) is 0 Å². The fraction of sp³-hybridized carbons (Fsp3) is 0.900. The monoisotopic (exact) mass is 398 g/mol. The Bertz CT molecular complexity index is 429. The average Bonchev–Trinajstić information content (AvgIpc) is 2.59. The van der Waals surface area contributed by atoms with Crippen molar-refractivity contribution in [1.29, 1.82) is 0 Å². The molecule has 0 aromatic heterocycles. The van der Waals surface area contributed by atoms with Crippen molar-refractivity contribution in [2.45, 2.75) is 93.2 Å². The van der Waals surface area contributed by atoms with Crippen molar-refractivity contribution < 1.29 is 32.2 Å². The van der Waals surface area contributed by atoms with E-state index < -0.39 is 24.2 Å². The molecule has 0 atom stereocenters. The molecule has 4 nitrogen and oxygen atoms in total. The summed E-state index contributed by atoms with van der Waals surface area (Å²) in [5, 5.41) is 0. The molecular formula is C20H37F3O4. The molecule has 0 unspecified atom stereocenters. The number of carbonyl (C=O) groups excluding carboxylic acids is 2. The molecule has 0 fully saturated rings. The van der Waals surface area contributed by atoms with Crippen molar-refractivity contribution in [2.24, 2.45) is 10.8 Å². The predicted molar refractivity (Wildman–Crippen MR) is 100 cm³/mol. The summed E-state index contributed by atoms with van der Waals surface area (Å²) in [5.74, 6) is -0.871. The van der Waals surface area contributed by atoms with Crippen LogP contribution < -0.4 is 0 Å². The first-order valence-corrected chi connectivity index (χ1v) is 9.64. The minimum atomic E-state index is -4.44. The van der Waals surface area contributed by atoms with Gasteiger partial charge in [-0.3, -0.25) is 9.59 Å². The predicted octanol–water partition coefficient (Wildman–Crippen LogP) is 6.07. The smallest absolute Gasteiger partial charge is 0.422 e. The van der Waals surface area contributed by atoms with Crippen molar-refractivity contribution in [3.05, 3.63) is 0 Å². The molecule has 7 heteroatoms. The van der Waals surface area contributed by atoms with Gasteiger partial charge in [0.05, 0.1) is 17.4 Å². The number of alkyl halides is 3. The maximum absolute atomic E-state index is 11.6. The molecule has 0 aliphatic carbocycles. The van der Waals surface area contributed by atoms with Gasteiger partial charge in [0.25, 0.3) is 0 Å². The highest BCUT2D eigenvalue weighted by atomic mass is 19.4. The van der Waals surface area contributed by atoms with Gasteiger partial charge in [-0.25, -0.2) is 0 Å². The lowest BCUT2D eigenvalue weighted by molar-refractivity contribution is -0.192. The van der Waals surface area contributed by atoms with Crippen molar-refractivity contribution >= 4 is 11.9 Å². The van der Waals surface area contributed by atoms with E-state index in [0.717, 1.165) is 19.3 Å². The third-order valence-corrected chi connectivity index (χ3v) is 4.47. The van der Waals surface area contributed by atoms with Crippen LogP contribution in [0.5, 0.6) is 0 Å². The SMILES string of the molecule is CCC(C)(C)C(=O)OCC(F)(F)F.CCCCCCOC(=O)C(C)(C)CC. The van der Waals surface area contributed by atoms with Crippen LogP contribution in [-0.2, 0) is 19.1 Å². The van der Waals surface area contributed by atoms with E-state index in [2.05, 4.69) is 11.7 Å². The summed E-state index contributed by atoms with van der Waals surface area (Å²) in [6, 6.07) is 0. The van der Waals surface area contributed by atoms with Crippen LogP contribution in [0.25, 0.3) is 0 Å². The summed E-state index contributed by atoms with van der Waals surface area (Å²) >= 11 is 0. The van der Waals surface area contributed by atoms with E-state index in [-0.39, 0.29) is 11.4 Å². The van der Waals surface area contributed by atoms with Gasteiger partial charge in [0, 0.05) is 0 Å². The normalized spacial score (nSPS) is 12.1. The minimum Gasteiger partial charge on any atom is -0.465 e. The molecule has 27 heavy (non-hydrogen) atoms. The maximum atomic E-state index is 11.6. The van der Waals surface area contributed by atoms with Crippen LogP contribution in [0, 0.1) is 10.8 Å². The lowest BCUT2D eigenvalue weighted by Crippen LogP contribution is -2.29. The molecule has 0 radical (unpaired) electrons. The van der Waals surface area contributed by atoms with Crippen molar-refractivity contribution in [2.75, 3.05) is 13.2 Å². The molecule has 0 heterocycles. The molecule has 0 N–H and O–H groups in total. The molecule has 0 aliphatic heterocycles. The second-order valence-electron chi connectivity index (χ2n) is 7.86. The van der Waals surface area contributed by atoms with E-state index in [1.807, 2.05) is 20.8 Å². The minimum absolute atomic E-state index is 0.0588. The Morgan fingerprint density at radius 1 is 0.741 bits per heavy atom. The van der Waals surface area contributed by atoms with E-state index >= 15 is 0 Å². The molecule has 0 rings (SSSR count). The summed E-state index contributed by atoms with van der Waals surface area (Å²) in [6.07, 6.45) is 1.45. The van der Waals surface area contributed by atoms with Gasteiger partial charge in [-0.15, -0.1) is 0 Å². The number of rotatable bonds is 10. The summed E-state index contributed by atoms with van der Waals surface area (Å²) < 4.78 is 44.2. The number of ether oxygens (including phenoxy) is 2. The van der Waals surface area contributed by atoms with E-state index in [1.54, 1.807) is 20.8 Å². The second-order valence-corrected chi connectivity index (χ2v) is 7.86. The first-order valence-electron chi connectivity index (χ1n) is 9.64. The lowest BCUT2D eigenvalue weighted by Gasteiger charge is -2.20. The molecule has 0 aliphatic rings. The molecule has 0 saturated carbocycles. The Balaban J connectivity index is 0. The highest BCUT2D eigenvalue weighted by molar-refractivity contribution is 5.76. The summed E-state index contributed by atoms with van der Waals surface area (Å²) in [5.41, 5.74) is -1.16. The third kappa shape index (κ3) is 14.5. The highest BCUT2D eigenvalue weighted by Crippen LogP contribution is 2.23. The van der Waals surface area contributed by atoms with Gasteiger partial charge in [0.1, 0.15) is 0 Å². The molecule has 0 spiro atoms. The fourth-order valence-corrected chi connectivity index (χ4v) is 1.52. The van der Waals surface area contributed by atoms with Crippen LogP contribution in [0.1, 0.15) is 87.0 Å². The van der Waals surface area contributed by atoms with Gasteiger partial charge in [0.15, 0.2) is 6.61 Å². The maximum Gasteiger partial charge on any atom is 0.422 e. The van der Waals surface area contributed by atoms with Crippen molar-refractivity contribution in [1.82, 2.24) is 0 Å². The molecular weight excluding hydrogens is 361 g/mol. The molecule has 0 bridgehead atoms. The zero-order valence-electron chi connectivity index (χ0n) is 17.9. The van der Waals surface area contributed by atoms with Crippen LogP contribution in [0.15, 0.2) is 0 Å². The van der Waals surface area contributed by atoms with E-state index in [0.29, 0.717) is 13.0 Å². The first-order chi connectivity index (χ1) is 12.2. The van der Waals surface area contributed by atoms with Gasteiger partial charge < -0.3 is 9.47 Å². The largest absolute Gasteiger partial charge is 0.465 e. The number of hydrogen-bond acceptors (Lipinski definition) is 4. The van der Waals surface area contributed by atoms with Crippen molar-refractivity contribution in [3.63, 3.8) is 0 Å². The first kappa shape index (κ1) is 27.9. The fourth-order valence-electron chi connectivity index (χ4n) is 1.52. The lowest BCUT2D eigenvalue weighted by atomic mass is 9.91. The molecule has 0 aromatic rings. The van der Waals surface area contributed by atoms with E-state index in [9.17, 15) is 22.8 Å². The topological polar surface area (TPSA) is 52.6 Å². The van der Waals surface area contributed by atoms with E-state index in [1.165, 1.54) is 12.8 Å². The Morgan fingerprint density at radius 2 is 1.19 bits per heavy atom. The van der Waals surface area contributed by atoms with Gasteiger partial charge >= 0.3 is 18.1 Å². The summed E-state index contributed by atoms with van der Waals surface area (Å²) in [7, 11) is 0. The molecule has 0 aromatic carbocycles. The van der Waals surface area contributed by atoms with E-state index in [4.69, 9.17) is 4.74 Å². The van der Waals surface area contributed by atoms with Gasteiger partial charge in [0.2, 0.25) is 0 Å². The molecule has 0 amide bonds. The van der Waals surface area contributed by atoms with Crippen LogP contribution in [0.4, 0.5) is 13.2 Å². The summed E-state index contributed by atoms with van der Waals surface area (Å²) in [4.78, 5) is 22.5. The van der Waals surface area contributed by atoms with Crippen LogP contribution in [0.2, 0.25) is 0 Å². The highest BCUT2D eigenvalue weighted by Gasteiger charge is 2.34. The Kier molecular flexibility index (Phi) is 13.5. The number of unbranched alkanes of at least 4 members (excludes halogenated alkanes) is 3. The number of carbonyl (C=O) groups is 2. The van der Waals surface area contributed by atoms with Gasteiger partial charge in [-0.2, -0.15) is 13.2 Å². The Hall–Kier alpha value is -1.27. The Morgan fingerprint density at radius 3 is 1.56 bits per heavy atom. The van der Waals surface area contributed by atoms with Crippen LogP contribution >= 0.6 is 0 Å². The zero-order chi connectivity index (χ0) is 21.7. The standard InChI is InChI=1S/C12H24O2.C8H13F3O2/c1-5-7-8-9-10-14-11(13)12(3,4)6-2;1-4-7(2,3)6(12)13-5-8(9,10)11/h5-10H2,1-4H3;4-5H2,1-3H3. The zero-order valence-corrected chi connectivity index (χ0v) is 17.9. The third-order valence-electron chi connectivity index (χ3n) is 4.47. The number of esters is 2. The van der Waals surface area contributed by atoms with Gasteiger partial charge in [-0.05, 0) is 47.0 Å².